The topological polar surface area (TPSA) is 18.8 Å². The van der Waals surface area contributed by atoms with Crippen LogP contribution in [0.25, 0.3) is 0 Å². The van der Waals surface area contributed by atoms with Gasteiger partial charge in [-0.25, -0.2) is 0 Å². The molecule has 2 fully saturated rings. The molecule has 0 amide bonds. The number of nitrogens with zero attached hydrogens (tertiary/aromatic N) is 3. The predicted octanol–water partition coefficient (Wildman–Crippen LogP) is 2.81. The summed E-state index contributed by atoms with van der Waals surface area (Å²) < 4.78 is 0. The minimum absolute atomic E-state index is 0. The summed E-state index contributed by atoms with van der Waals surface area (Å²) in [6.07, 6.45) is 7.14. The Bertz CT molecular complexity index is 270. The second-order valence-electron chi connectivity index (χ2n) is 5.55. The molecule has 0 bridgehead atoms. The SMILES string of the molecule is CCN=C(N(C)C)N1CCC2(CCCC2)C1.I. The van der Waals surface area contributed by atoms with Crippen LogP contribution in [-0.4, -0.2) is 49.5 Å². The Kier molecular flexibility index (Phi) is 5.54. The van der Waals surface area contributed by atoms with Crippen molar-refractivity contribution in [1.82, 2.24) is 9.80 Å². The summed E-state index contributed by atoms with van der Waals surface area (Å²) in [5, 5.41) is 0. The van der Waals surface area contributed by atoms with Crippen LogP contribution in [0.4, 0.5) is 0 Å². The van der Waals surface area contributed by atoms with Gasteiger partial charge in [-0.05, 0) is 31.6 Å². The smallest absolute Gasteiger partial charge is 0.196 e. The van der Waals surface area contributed by atoms with E-state index in [1.807, 2.05) is 0 Å². The molecule has 0 atom stereocenters. The van der Waals surface area contributed by atoms with Gasteiger partial charge in [-0.1, -0.05) is 12.8 Å². The fraction of sp³-hybridized carbons (Fsp3) is 0.923. The summed E-state index contributed by atoms with van der Waals surface area (Å²) in [6, 6.07) is 0. The van der Waals surface area contributed by atoms with Crippen LogP contribution in [-0.2, 0) is 0 Å². The normalized spacial score (nSPS) is 23.0. The Labute approximate surface area is 123 Å². The predicted molar refractivity (Wildman–Crippen MR) is 84.2 cm³/mol. The van der Waals surface area contributed by atoms with Crippen LogP contribution in [0.3, 0.4) is 0 Å². The third-order valence-electron chi connectivity index (χ3n) is 4.08. The fourth-order valence-corrected chi connectivity index (χ4v) is 3.30. The summed E-state index contributed by atoms with van der Waals surface area (Å²) in [5.74, 6) is 1.19. The van der Waals surface area contributed by atoms with E-state index in [0.29, 0.717) is 5.41 Å². The van der Waals surface area contributed by atoms with Crippen LogP contribution in [0, 0.1) is 5.41 Å². The molecule has 0 radical (unpaired) electrons. The van der Waals surface area contributed by atoms with Crippen molar-refractivity contribution < 1.29 is 0 Å². The summed E-state index contributed by atoms with van der Waals surface area (Å²) in [7, 11) is 4.21. The molecule has 17 heavy (non-hydrogen) atoms. The highest BCUT2D eigenvalue weighted by Gasteiger charge is 2.41. The van der Waals surface area contributed by atoms with Crippen molar-refractivity contribution in [2.45, 2.75) is 39.0 Å². The number of hydrogen-bond donors (Lipinski definition) is 0. The second kappa shape index (κ2) is 6.25. The van der Waals surface area contributed by atoms with Crippen LogP contribution < -0.4 is 0 Å². The van der Waals surface area contributed by atoms with E-state index in [-0.39, 0.29) is 24.0 Å². The molecular weight excluding hydrogens is 325 g/mol. The first-order chi connectivity index (χ1) is 7.67. The van der Waals surface area contributed by atoms with Gasteiger partial charge in [-0.2, -0.15) is 0 Å². The van der Waals surface area contributed by atoms with E-state index in [1.165, 1.54) is 51.2 Å². The molecule has 1 aliphatic heterocycles. The van der Waals surface area contributed by atoms with Crippen LogP contribution in [0.15, 0.2) is 4.99 Å². The Morgan fingerprint density at radius 1 is 1.24 bits per heavy atom. The lowest BCUT2D eigenvalue weighted by atomic mass is 9.86. The molecule has 0 aromatic heterocycles. The summed E-state index contributed by atoms with van der Waals surface area (Å²) in [5.41, 5.74) is 0.643. The van der Waals surface area contributed by atoms with Crippen molar-refractivity contribution in [3.63, 3.8) is 0 Å². The van der Waals surface area contributed by atoms with Gasteiger partial charge in [0.05, 0.1) is 0 Å². The first kappa shape index (κ1) is 15.1. The molecule has 2 aliphatic rings. The molecule has 3 nitrogen and oxygen atoms in total. The monoisotopic (exact) mass is 351 g/mol. The number of halogens is 1. The van der Waals surface area contributed by atoms with Crippen molar-refractivity contribution in [1.29, 1.82) is 0 Å². The van der Waals surface area contributed by atoms with Crippen LogP contribution >= 0.6 is 24.0 Å². The van der Waals surface area contributed by atoms with E-state index in [9.17, 15) is 0 Å². The van der Waals surface area contributed by atoms with Gasteiger partial charge in [0, 0.05) is 33.7 Å². The summed E-state index contributed by atoms with van der Waals surface area (Å²) in [6.45, 7) is 5.45. The fourth-order valence-electron chi connectivity index (χ4n) is 3.30. The molecule has 0 unspecified atom stereocenters. The van der Waals surface area contributed by atoms with Crippen molar-refractivity contribution in [2.75, 3.05) is 33.7 Å². The van der Waals surface area contributed by atoms with Gasteiger partial charge in [0.2, 0.25) is 0 Å². The number of guanidine groups is 1. The van der Waals surface area contributed by atoms with Gasteiger partial charge in [0.25, 0.3) is 0 Å². The molecule has 0 N–H and O–H groups in total. The quantitative estimate of drug-likeness (QED) is 0.411. The first-order valence-corrected chi connectivity index (χ1v) is 6.64. The molecule has 1 aliphatic carbocycles. The van der Waals surface area contributed by atoms with Crippen molar-refractivity contribution in [3.8, 4) is 0 Å². The molecule has 1 spiro atoms. The zero-order chi connectivity index (χ0) is 11.6. The van der Waals surface area contributed by atoms with Gasteiger partial charge < -0.3 is 9.80 Å². The van der Waals surface area contributed by atoms with Gasteiger partial charge in [-0.3, -0.25) is 4.99 Å². The maximum absolute atomic E-state index is 4.63. The molecule has 4 heteroatoms. The van der Waals surface area contributed by atoms with E-state index in [0.717, 1.165) is 6.54 Å². The number of rotatable bonds is 1. The average Bonchev–Trinajstić information content (AvgIpc) is 2.86. The first-order valence-electron chi connectivity index (χ1n) is 6.64. The molecule has 0 aromatic rings. The summed E-state index contributed by atoms with van der Waals surface area (Å²) >= 11 is 0. The van der Waals surface area contributed by atoms with Crippen LogP contribution in [0.5, 0.6) is 0 Å². The number of aliphatic imine (C=N–C) groups is 1. The summed E-state index contributed by atoms with van der Waals surface area (Å²) in [4.78, 5) is 9.29. The lowest BCUT2D eigenvalue weighted by molar-refractivity contribution is 0.302. The van der Waals surface area contributed by atoms with E-state index in [2.05, 4.69) is 35.8 Å². The maximum Gasteiger partial charge on any atom is 0.196 e. The van der Waals surface area contributed by atoms with E-state index < -0.39 is 0 Å². The molecular formula is C13H26IN3. The van der Waals surface area contributed by atoms with Crippen LogP contribution in [0.2, 0.25) is 0 Å². The minimum atomic E-state index is 0. The zero-order valence-corrected chi connectivity index (χ0v) is 13.7. The second-order valence-corrected chi connectivity index (χ2v) is 5.55. The van der Waals surface area contributed by atoms with E-state index in [4.69, 9.17) is 0 Å². The molecule has 1 saturated carbocycles. The number of hydrogen-bond acceptors (Lipinski definition) is 1. The van der Waals surface area contributed by atoms with Crippen LogP contribution in [0.1, 0.15) is 39.0 Å². The van der Waals surface area contributed by atoms with Crippen molar-refractivity contribution in [2.24, 2.45) is 10.4 Å². The zero-order valence-electron chi connectivity index (χ0n) is 11.4. The third-order valence-corrected chi connectivity index (χ3v) is 4.08. The molecule has 100 valence electrons. The van der Waals surface area contributed by atoms with Gasteiger partial charge in [0.15, 0.2) is 5.96 Å². The molecule has 0 aromatic carbocycles. The van der Waals surface area contributed by atoms with Gasteiger partial charge >= 0.3 is 0 Å². The average molecular weight is 351 g/mol. The molecule has 1 saturated heterocycles. The Balaban J connectivity index is 0.00000144. The highest BCUT2D eigenvalue weighted by atomic mass is 127. The third kappa shape index (κ3) is 3.26. The van der Waals surface area contributed by atoms with E-state index >= 15 is 0 Å². The van der Waals surface area contributed by atoms with Gasteiger partial charge in [-0.15, -0.1) is 24.0 Å². The molecule has 2 rings (SSSR count). The number of likely N-dealkylation sites (tertiary alicyclic amines) is 1. The highest BCUT2D eigenvalue weighted by Crippen LogP contribution is 2.45. The van der Waals surface area contributed by atoms with Crippen molar-refractivity contribution in [3.05, 3.63) is 0 Å². The Morgan fingerprint density at radius 2 is 1.88 bits per heavy atom. The minimum Gasteiger partial charge on any atom is -0.349 e. The standard InChI is InChI=1S/C13H25N3.HI/c1-4-14-12(15(2)3)16-10-9-13(11-16)7-5-6-8-13;/h4-11H2,1-3H3;1H. The Hall–Kier alpha value is 0. The molecule has 1 heterocycles. The van der Waals surface area contributed by atoms with E-state index in [1.54, 1.807) is 0 Å². The highest BCUT2D eigenvalue weighted by molar-refractivity contribution is 14.0. The Morgan fingerprint density at radius 3 is 2.41 bits per heavy atom. The maximum atomic E-state index is 4.63. The van der Waals surface area contributed by atoms with Gasteiger partial charge in [0.1, 0.15) is 0 Å². The largest absolute Gasteiger partial charge is 0.349 e. The van der Waals surface area contributed by atoms with Crippen molar-refractivity contribution >= 4 is 29.9 Å². The lowest BCUT2D eigenvalue weighted by Gasteiger charge is -2.28. The lowest BCUT2D eigenvalue weighted by Crippen LogP contribution is -2.40.